The van der Waals surface area contributed by atoms with Crippen LogP contribution in [0.25, 0.3) is 0 Å². The van der Waals surface area contributed by atoms with E-state index in [2.05, 4.69) is 104 Å². The van der Waals surface area contributed by atoms with E-state index in [-0.39, 0.29) is 20.5 Å². The molecule has 0 radical (unpaired) electrons. The summed E-state index contributed by atoms with van der Waals surface area (Å²) in [6.07, 6.45) is 7.63. The van der Waals surface area contributed by atoms with Gasteiger partial charge in [0.15, 0.2) is 0 Å². The molecule has 3 rings (SSSR count). The summed E-state index contributed by atoms with van der Waals surface area (Å²) >= 11 is 21.7. The Kier molecular flexibility index (Phi) is 8.74. The number of allylic oxidation sites excluding steroid dienone is 1. The van der Waals surface area contributed by atoms with Crippen molar-refractivity contribution in [3.8, 4) is 5.75 Å². The van der Waals surface area contributed by atoms with Gasteiger partial charge in [-0.2, -0.15) is 0 Å². The maximum atomic E-state index is 10.8. The topological polar surface area (TPSA) is 20.2 Å². The molecule has 0 heterocycles. The standard InChI is InChI=1S/C26H35Br4ClO/c1-15-6-7-20-25(4,18(15)13-16-12-17(27)14-19(28)23(16)32)10-9-22(30)26(20,5)11-8-21(29)24(2,3)31/h12,14,18,20-22,32H,1,6-11,13H2,2-5H3/t18-,20-,21+,22+,25-,26+/m0/s1. The van der Waals surface area contributed by atoms with Crippen molar-refractivity contribution < 1.29 is 5.11 Å². The fourth-order valence-electron chi connectivity index (χ4n) is 6.44. The molecule has 1 N–H and O–H groups in total. The molecule has 0 aromatic heterocycles. The van der Waals surface area contributed by atoms with Crippen LogP contribution in [0.4, 0.5) is 0 Å². The number of halogens is 5. The monoisotopic (exact) mass is 714 g/mol. The molecule has 2 saturated carbocycles. The summed E-state index contributed by atoms with van der Waals surface area (Å²) in [4.78, 5) is 0.531. The van der Waals surface area contributed by atoms with E-state index in [0.717, 1.165) is 40.2 Å². The highest BCUT2D eigenvalue weighted by atomic mass is 79.9. The molecule has 0 unspecified atom stereocenters. The van der Waals surface area contributed by atoms with Crippen molar-refractivity contribution in [1.82, 2.24) is 0 Å². The van der Waals surface area contributed by atoms with Crippen LogP contribution in [0.3, 0.4) is 0 Å². The van der Waals surface area contributed by atoms with Crippen LogP contribution in [0.5, 0.6) is 5.75 Å². The van der Waals surface area contributed by atoms with Crippen LogP contribution in [0.2, 0.25) is 0 Å². The Hall–Kier alpha value is 0.970. The number of alkyl halides is 3. The first-order valence-corrected chi connectivity index (χ1v) is 15.3. The highest BCUT2D eigenvalue weighted by Crippen LogP contribution is 2.64. The first kappa shape index (κ1) is 27.6. The molecule has 2 aliphatic rings. The van der Waals surface area contributed by atoms with Crippen molar-refractivity contribution >= 4 is 75.3 Å². The van der Waals surface area contributed by atoms with E-state index in [1.54, 1.807) is 0 Å². The first-order chi connectivity index (χ1) is 14.7. The SMILES string of the molecule is C=C1CC[C@@H]2[C@@](C)(CC[C@@H](Br)C(C)(C)Cl)[C@H](Br)CC[C@@]2(C)[C@H]1Cc1cc(Br)cc(Br)c1O. The molecule has 1 nitrogen and oxygen atoms in total. The van der Waals surface area contributed by atoms with E-state index in [0.29, 0.717) is 22.4 Å². The summed E-state index contributed by atoms with van der Waals surface area (Å²) in [6, 6.07) is 3.97. The second-order valence-electron chi connectivity index (χ2n) is 11.0. The Morgan fingerprint density at radius 1 is 1.25 bits per heavy atom. The highest BCUT2D eigenvalue weighted by Gasteiger charge is 2.57. The van der Waals surface area contributed by atoms with Crippen LogP contribution in [0.15, 0.2) is 33.2 Å². The zero-order valence-corrected chi connectivity index (χ0v) is 26.6. The second-order valence-corrected chi connectivity index (χ2v) is 15.9. The lowest BCUT2D eigenvalue weighted by atomic mass is 9.45. The molecule has 1 aromatic carbocycles. The Bertz CT molecular complexity index is 866. The molecule has 0 saturated heterocycles. The molecule has 0 bridgehead atoms. The largest absolute Gasteiger partial charge is 0.506 e. The molecule has 2 fully saturated rings. The lowest BCUT2D eigenvalue weighted by molar-refractivity contribution is -0.0601. The minimum atomic E-state index is -0.259. The summed E-state index contributed by atoms with van der Waals surface area (Å²) in [5.41, 5.74) is 2.69. The van der Waals surface area contributed by atoms with Gasteiger partial charge < -0.3 is 5.11 Å². The predicted molar refractivity (Wildman–Crippen MR) is 153 cm³/mol. The number of phenolic OH excluding ortho intramolecular Hbond substituents is 1. The maximum Gasteiger partial charge on any atom is 0.133 e. The van der Waals surface area contributed by atoms with Gasteiger partial charge >= 0.3 is 0 Å². The number of hydrogen-bond acceptors (Lipinski definition) is 1. The number of phenols is 1. The average molecular weight is 719 g/mol. The fourth-order valence-corrected chi connectivity index (χ4v) is 8.87. The highest BCUT2D eigenvalue weighted by molar-refractivity contribution is 9.11. The van der Waals surface area contributed by atoms with E-state index >= 15 is 0 Å². The normalized spacial score (nSPS) is 34.3. The summed E-state index contributed by atoms with van der Waals surface area (Å²) in [5, 5.41) is 10.8. The molecular weight excluding hydrogens is 683 g/mol. The van der Waals surface area contributed by atoms with Crippen LogP contribution >= 0.6 is 75.3 Å². The maximum absolute atomic E-state index is 10.8. The first-order valence-electron chi connectivity index (χ1n) is 11.5. The van der Waals surface area contributed by atoms with Crippen molar-refractivity contribution in [1.29, 1.82) is 0 Å². The average Bonchev–Trinajstić information content (AvgIpc) is 2.69. The van der Waals surface area contributed by atoms with Crippen LogP contribution in [-0.4, -0.2) is 19.6 Å². The van der Waals surface area contributed by atoms with E-state index in [4.69, 9.17) is 11.6 Å². The van der Waals surface area contributed by atoms with Gasteiger partial charge in [-0.3, -0.25) is 0 Å². The Morgan fingerprint density at radius 2 is 1.91 bits per heavy atom. The molecule has 0 amide bonds. The van der Waals surface area contributed by atoms with Gasteiger partial charge in [-0.15, -0.1) is 11.6 Å². The summed E-state index contributed by atoms with van der Waals surface area (Å²) < 4.78 is 1.73. The molecule has 32 heavy (non-hydrogen) atoms. The fraction of sp³-hybridized carbons (Fsp3) is 0.692. The van der Waals surface area contributed by atoms with E-state index in [1.807, 2.05) is 6.07 Å². The van der Waals surface area contributed by atoms with Gasteiger partial charge in [0, 0.05) is 14.1 Å². The zero-order chi connectivity index (χ0) is 24.1. The van der Waals surface area contributed by atoms with Gasteiger partial charge in [0.25, 0.3) is 0 Å². The van der Waals surface area contributed by atoms with Crippen molar-refractivity contribution in [2.45, 2.75) is 87.2 Å². The van der Waals surface area contributed by atoms with Crippen molar-refractivity contribution in [3.05, 3.63) is 38.8 Å². The lowest BCUT2D eigenvalue weighted by Crippen LogP contribution is -2.55. The molecule has 2 aliphatic carbocycles. The molecule has 1 aromatic rings. The van der Waals surface area contributed by atoms with Gasteiger partial charge in [0.1, 0.15) is 5.75 Å². The predicted octanol–water partition coefficient (Wildman–Crippen LogP) is 10.2. The lowest BCUT2D eigenvalue weighted by Gasteiger charge is -2.61. The second kappa shape index (κ2) is 10.1. The summed E-state index contributed by atoms with van der Waals surface area (Å²) in [5.74, 6) is 1.31. The van der Waals surface area contributed by atoms with Gasteiger partial charge in [0.2, 0.25) is 0 Å². The third-order valence-corrected chi connectivity index (χ3v) is 13.2. The van der Waals surface area contributed by atoms with Gasteiger partial charge in [-0.1, -0.05) is 73.8 Å². The van der Waals surface area contributed by atoms with E-state index in [9.17, 15) is 5.11 Å². The number of benzene rings is 1. The van der Waals surface area contributed by atoms with Crippen molar-refractivity contribution in [3.63, 3.8) is 0 Å². The van der Waals surface area contributed by atoms with Crippen molar-refractivity contribution in [2.24, 2.45) is 22.7 Å². The quantitative estimate of drug-likeness (QED) is 0.229. The molecular formula is C26H35Br4ClO. The third kappa shape index (κ3) is 5.37. The molecule has 0 spiro atoms. The number of hydrogen-bond donors (Lipinski definition) is 1. The van der Waals surface area contributed by atoms with Gasteiger partial charge in [-0.25, -0.2) is 0 Å². The third-order valence-electron chi connectivity index (χ3n) is 8.50. The molecule has 6 heteroatoms. The van der Waals surface area contributed by atoms with Crippen molar-refractivity contribution in [2.75, 3.05) is 0 Å². The van der Waals surface area contributed by atoms with Crippen LogP contribution in [0, 0.1) is 22.7 Å². The number of rotatable bonds is 6. The van der Waals surface area contributed by atoms with Crippen LogP contribution in [0.1, 0.15) is 71.8 Å². The van der Waals surface area contributed by atoms with Crippen LogP contribution in [-0.2, 0) is 6.42 Å². The minimum absolute atomic E-state index is 0.161. The Balaban J connectivity index is 1.92. The summed E-state index contributed by atoms with van der Waals surface area (Å²) in [7, 11) is 0. The number of aromatic hydroxyl groups is 1. The number of fused-ring (bicyclic) bond motifs is 1. The van der Waals surface area contributed by atoms with E-state index < -0.39 is 0 Å². The molecule has 0 aliphatic heterocycles. The van der Waals surface area contributed by atoms with Gasteiger partial charge in [-0.05, 0) is 115 Å². The molecule has 180 valence electrons. The van der Waals surface area contributed by atoms with E-state index in [1.165, 1.54) is 24.8 Å². The van der Waals surface area contributed by atoms with Gasteiger partial charge in [0.05, 0.1) is 9.35 Å². The minimum Gasteiger partial charge on any atom is -0.506 e. The summed E-state index contributed by atoms with van der Waals surface area (Å²) in [6.45, 7) is 13.7. The Morgan fingerprint density at radius 3 is 2.53 bits per heavy atom. The zero-order valence-electron chi connectivity index (χ0n) is 19.5. The molecule has 6 atom stereocenters. The smallest absolute Gasteiger partial charge is 0.133 e. The Labute approximate surface area is 233 Å². The van der Waals surface area contributed by atoms with Crippen LogP contribution < -0.4 is 0 Å².